The molecule has 2 N–H and O–H groups in total. The molecule has 74 valence electrons. The summed E-state index contributed by atoms with van der Waals surface area (Å²) in [4.78, 5) is 14.8. The van der Waals surface area contributed by atoms with Crippen molar-refractivity contribution in [2.24, 2.45) is 0 Å². The maximum absolute atomic E-state index is 10.9. The van der Waals surface area contributed by atoms with E-state index in [4.69, 9.17) is 9.84 Å². The summed E-state index contributed by atoms with van der Waals surface area (Å²) in [5.41, 5.74) is 0.831. The van der Waals surface area contributed by atoms with Crippen LogP contribution in [-0.2, 0) is 4.74 Å². The molecule has 1 aromatic rings. The number of carbonyl (C=O) groups excluding carboxylic acids is 1. The van der Waals surface area contributed by atoms with Gasteiger partial charge in [0, 0.05) is 12.4 Å². The highest BCUT2D eigenvalue weighted by Gasteiger charge is 2.34. The first kappa shape index (κ1) is 8.96. The van der Waals surface area contributed by atoms with Crippen molar-refractivity contribution < 1.29 is 14.6 Å². The Morgan fingerprint density at radius 1 is 1.50 bits per heavy atom. The number of carbonyl (C=O) groups is 1. The van der Waals surface area contributed by atoms with E-state index in [1.807, 2.05) is 0 Å². The fraction of sp³-hybridized carbons (Fsp3) is 0.333. The molecule has 0 saturated carbocycles. The van der Waals surface area contributed by atoms with Gasteiger partial charge in [0.2, 0.25) is 0 Å². The number of aromatic nitrogens is 1. The van der Waals surface area contributed by atoms with Crippen molar-refractivity contribution in [1.29, 1.82) is 0 Å². The van der Waals surface area contributed by atoms with Crippen LogP contribution in [0.25, 0.3) is 0 Å². The number of alkyl carbamates (subject to hydrolysis) is 1. The molecule has 1 saturated heterocycles. The van der Waals surface area contributed by atoms with Crippen molar-refractivity contribution >= 4 is 6.09 Å². The van der Waals surface area contributed by atoms with E-state index in [1.54, 1.807) is 24.5 Å². The van der Waals surface area contributed by atoms with E-state index in [0.29, 0.717) is 0 Å². The van der Waals surface area contributed by atoms with Crippen LogP contribution in [0.1, 0.15) is 11.7 Å². The predicted octanol–water partition coefficient (Wildman–Crippen LogP) is 0.223. The van der Waals surface area contributed by atoms with Crippen molar-refractivity contribution in [3.05, 3.63) is 30.1 Å². The van der Waals surface area contributed by atoms with E-state index in [9.17, 15) is 4.79 Å². The van der Waals surface area contributed by atoms with Gasteiger partial charge in [-0.2, -0.15) is 0 Å². The molecule has 2 unspecified atom stereocenters. The Kier molecular flexibility index (Phi) is 2.32. The van der Waals surface area contributed by atoms with Crippen LogP contribution >= 0.6 is 0 Å². The summed E-state index contributed by atoms with van der Waals surface area (Å²) in [5.74, 6) is 0. The van der Waals surface area contributed by atoms with Crippen molar-refractivity contribution in [1.82, 2.24) is 10.3 Å². The lowest BCUT2D eigenvalue weighted by molar-refractivity contribution is 0.119. The second-order valence-electron chi connectivity index (χ2n) is 3.04. The number of nitrogens with zero attached hydrogens (tertiary/aromatic N) is 1. The van der Waals surface area contributed by atoms with Gasteiger partial charge in [0.25, 0.3) is 0 Å². The molecule has 0 aromatic carbocycles. The summed E-state index contributed by atoms with van der Waals surface area (Å²) in [7, 11) is 0. The largest absolute Gasteiger partial charge is 0.439 e. The summed E-state index contributed by atoms with van der Waals surface area (Å²) < 4.78 is 5.01. The van der Waals surface area contributed by atoms with Crippen LogP contribution in [0.3, 0.4) is 0 Å². The minimum Gasteiger partial charge on any atom is -0.439 e. The van der Waals surface area contributed by atoms with E-state index >= 15 is 0 Å². The predicted molar refractivity (Wildman–Crippen MR) is 47.5 cm³/mol. The minimum atomic E-state index is -0.495. The van der Waals surface area contributed by atoms with Crippen LogP contribution in [0.2, 0.25) is 0 Å². The molecule has 0 radical (unpaired) electrons. The second-order valence-corrected chi connectivity index (χ2v) is 3.04. The highest BCUT2D eigenvalue weighted by Crippen LogP contribution is 2.25. The first-order chi connectivity index (χ1) is 6.81. The smallest absolute Gasteiger partial charge is 0.408 e. The third kappa shape index (κ3) is 1.54. The number of hydrogen-bond donors (Lipinski definition) is 2. The van der Waals surface area contributed by atoms with Crippen LogP contribution in [0.4, 0.5) is 4.79 Å². The monoisotopic (exact) mass is 194 g/mol. The molecule has 1 aliphatic heterocycles. The van der Waals surface area contributed by atoms with E-state index in [1.165, 1.54) is 0 Å². The Balaban J connectivity index is 2.22. The first-order valence-corrected chi connectivity index (χ1v) is 4.29. The first-order valence-electron chi connectivity index (χ1n) is 4.29. The number of pyridine rings is 1. The summed E-state index contributed by atoms with van der Waals surface area (Å²) >= 11 is 0. The molecular formula is C9H10N2O3. The molecule has 5 heteroatoms. The molecule has 1 fully saturated rings. The summed E-state index contributed by atoms with van der Waals surface area (Å²) in [5, 5.41) is 11.5. The Hall–Kier alpha value is -1.62. The lowest BCUT2D eigenvalue weighted by Gasteiger charge is -2.13. The second kappa shape index (κ2) is 3.63. The highest BCUT2D eigenvalue weighted by molar-refractivity contribution is 5.70. The van der Waals surface area contributed by atoms with Crippen LogP contribution < -0.4 is 5.32 Å². The summed E-state index contributed by atoms with van der Waals surface area (Å²) in [6, 6.07) is 3.14. The number of aliphatic hydroxyl groups is 1. The van der Waals surface area contributed by atoms with Gasteiger partial charge >= 0.3 is 6.09 Å². The van der Waals surface area contributed by atoms with Gasteiger partial charge in [-0.25, -0.2) is 4.79 Å². The number of hydrogen-bond acceptors (Lipinski definition) is 4. The summed E-state index contributed by atoms with van der Waals surface area (Å²) in [6.07, 6.45) is 2.33. The van der Waals surface area contributed by atoms with Crippen LogP contribution in [-0.4, -0.2) is 28.8 Å². The van der Waals surface area contributed by atoms with Crippen LogP contribution in [0, 0.1) is 0 Å². The molecule has 1 aliphatic rings. The molecule has 0 bridgehead atoms. The van der Waals surface area contributed by atoms with E-state index in [0.717, 1.165) is 5.56 Å². The molecule has 2 atom stereocenters. The molecule has 14 heavy (non-hydrogen) atoms. The van der Waals surface area contributed by atoms with Gasteiger partial charge in [-0.15, -0.1) is 0 Å². The zero-order chi connectivity index (χ0) is 9.97. The minimum absolute atomic E-state index is 0.140. The van der Waals surface area contributed by atoms with Gasteiger partial charge in [-0.1, -0.05) is 0 Å². The number of nitrogens with one attached hydrogen (secondary N) is 1. The maximum atomic E-state index is 10.9. The van der Waals surface area contributed by atoms with Gasteiger partial charge in [0.15, 0.2) is 6.10 Å². The Morgan fingerprint density at radius 2 is 2.21 bits per heavy atom. The average molecular weight is 194 g/mol. The van der Waals surface area contributed by atoms with Crippen molar-refractivity contribution in [2.75, 3.05) is 6.61 Å². The van der Waals surface area contributed by atoms with Crippen LogP contribution in [0.15, 0.2) is 24.5 Å². The van der Waals surface area contributed by atoms with Crippen LogP contribution in [0.5, 0.6) is 0 Å². The fourth-order valence-electron chi connectivity index (χ4n) is 1.45. The standard InChI is InChI=1S/C9H10N2O3/c12-5-7-8(14-9(13)11-7)6-1-3-10-4-2-6/h1-4,7-8,12H,5H2,(H,11,13). The van der Waals surface area contributed by atoms with Crippen molar-refractivity contribution in [3.8, 4) is 0 Å². The lowest BCUT2D eigenvalue weighted by atomic mass is 10.1. The van der Waals surface area contributed by atoms with Gasteiger partial charge in [0.05, 0.1) is 12.6 Å². The molecule has 1 aromatic heterocycles. The topological polar surface area (TPSA) is 71.5 Å². The molecule has 5 nitrogen and oxygen atoms in total. The number of rotatable bonds is 2. The normalized spacial score (nSPS) is 25.6. The molecular weight excluding hydrogens is 184 g/mol. The number of amides is 1. The Bertz CT molecular complexity index is 328. The lowest BCUT2D eigenvalue weighted by Crippen LogP contribution is -2.31. The van der Waals surface area contributed by atoms with E-state index in [-0.39, 0.29) is 12.6 Å². The Labute approximate surface area is 80.7 Å². The SMILES string of the molecule is O=C1NC(CO)C(c2ccncc2)O1. The zero-order valence-corrected chi connectivity index (χ0v) is 7.38. The molecule has 1 amide bonds. The van der Waals surface area contributed by atoms with Gasteiger partial charge in [0.1, 0.15) is 0 Å². The zero-order valence-electron chi connectivity index (χ0n) is 7.38. The molecule has 0 aliphatic carbocycles. The average Bonchev–Trinajstić information content (AvgIpc) is 2.61. The van der Waals surface area contributed by atoms with Gasteiger partial charge in [-0.3, -0.25) is 4.98 Å². The Morgan fingerprint density at radius 3 is 2.86 bits per heavy atom. The molecule has 2 heterocycles. The third-order valence-corrected chi connectivity index (χ3v) is 2.13. The van der Waals surface area contributed by atoms with Crippen molar-refractivity contribution in [2.45, 2.75) is 12.1 Å². The van der Waals surface area contributed by atoms with E-state index < -0.39 is 12.2 Å². The summed E-state index contributed by atoms with van der Waals surface area (Å²) in [6.45, 7) is -0.140. The number of ether oxygens (including phenoxy) is 1. The maximum Gasteiger partial charge on any atom is 0.408 e. The van der Waals surface area contributed by atoms with Crippen molar-refractivity contribution in [3.63, 3.8) is 0 Å². The number of cyclic esters (lactones) is 1. The van der Waals surface area contributed by atoms with E-state index in [2.05, 4.69) is 10.3 Å². The van der Waals surface area contributed by atoms with Gasteiger partial charge in [-0.05, 0) is 17.7 Å². The molecule has 0 spiro atoms. The highest BCUT2D eigenvalue weighted by atomic mass is 16.6. The quantitative estimate of drug-likeness (QED) is 0.706. The third-order valence-electron chi connectivity index (χ3n) is 2.13. The molecule has 2 rings (SSSR count). The van der Waals surface area contributed by atoms with Gasteiger partial charge < -0.3 is 15.2 Å². The number of aliphatic hydroxyl groups excluding tert-OH is 1. The fourth-order valence-corrected chi connectivity index (χ4v) is 1.45.